The van der Waals surface area contributed by atoms with Crippen LogP contribution in [0.15, 0.2) is 23.1 Å². The molecule has 2 N–H and O–H groups in total. The zero-order valence-corrected chi connectivity index (χ0v) is 12.9. The van der Waals surface area contributed by atoms with Crippen molar-refractivity contribution in [3.05, 3.63) is 29.0 Å². The number of rotatable bonds is 5. The molecule has 1 unspecified atom stereocenters. The Morgan fingerprint density at radius 2 is 2.25 bits per heavy atom. The summed E-state index contributed by atoms with van der Waals surface area (Å²) in [5, 5.41) is -0.186. The second-order valence-electron chi connectivity index (χ2n) is 5.03. The van der Waals surface area contributed by atoms with Crippen LogP contribution in [0, 0.1) is 5.82 Å². The van der Waals surface area contributed by atoms with Crippen molar-refractivity contribution in [1.29, 1.82) is 0 Å². The number of likely N-dealkylation sites (tertiary alicyclic amines) is 1. The van der Waals surface area contributed by atoms with Crippen LogP contribution in [-0.4, -0.2) is 34.1 Å². The van der Waals surface area contributed by atoms with Gasteiger partial charge in [-0.2, -0.15) is 0 Å². The fourth-order valence-electron chi connectivity index (χ4n) is 2.63. The Labute approximate surface area is 124 Å². The third kappa shape index (κ3) is 3.49. The summed E-state index contributed by atoms with van der Waals surface area (Å²) in [5.41, 5.74) is 0. The van der Waals surface area contributed by atoms with Gasteiger partial charge in [-0.15, -0.1) is 0 Å². The summed E-state index contributed by atoms with van der Waals surface area (Å²) in [4.78, 5) is 1.42. The van der Waals surface area contributed by atoms with Crippen molar-refractivity contribution in [2.75, 3.05) is 19.6 Å². The SMILES string of the molecule is CC[NH+]1CCC[C@@H]1CNS(=O)(=O)c1ccc(F)c(Cl)c1. The molecule has 1 aromatic carbocycles. The Bertz CT molecular complexity index is 580. The number of hydrogen-bond acceptors (Lipinski definition) is 2. The molecule has 0 radical (unpaired) electrons. The van der Waals surface area contributed by atoms with Crippen molar-refractivity contribution in [2.24, 2.45) is 0 Å². The molecule has 112 valence electrons. The molecule has 1 aliphatic heterocycles. The number of benzene rings is 1. The number of likely N-dealkylation sites (N-methyl/N-ethyl adjacent to an activating group) is 1. The van der Waals surface area contributed by atoms with Gasteiger partial charge in [0, 0.05) is 12.8 Å². The summed E-state index contributed by atoms with van der Waals surface area (Å²) in [5.74, 6) is -0.622. The van der Waals surface area contributed by atoms with E-state index in [9.17, 15) is 12.8 Å². The predicted molar refractivity (Wildman–Crippen MR) is 76.0 cm³/mol. The van der Waals surface area contributed by atoms with Crippen LogP contribution in [-0.2, 0) is 10.0 Å². The lowest BCUT2D eigenvalue weighted by Crippen LogP contribution is -3.14. The average molecular weight is 322 g/mol. The normalized spacial score (nSPS) is 23.1. The van der Waals surface area contributed by atoms with E-state index in [0.717, 1.165) is 38.1 Å². The second kappa shape index (κ2) is 6.39. The number of hydrogen-bond donors (Lipinski definition) is 2. The van der Waals surface area contributed by atoms with Crippen LogP contribution in [0.1, 0.15) is 19.8 Å². The van der Waals surface area contributed by atoms with Crippen molar-refractivity contribution in [1.82, 2.24) is 4.72 Å². The van der Waals surface area contributed by atoms with E-state index in [1.165, 1.54) is 11.0 Å². The first-order chi connectivity index (χ1) is 9.44. The number of quaternary nitrogens is 1. The van der Waals surface area contributed by atoms with Crippen molar-refractivity contribution in [2.45, 2.75) is 30.7 Å². The summed E-state index contributed by atoms with van der Waals surface area (Å²) in [6, 6.07) is 3.74. The number of halogens is 2. The fraction of sp³-hybridized carbons (Fsp3) is 0.538. The van der Waals surface area contributed by atoms with Crippen LogP contribution in [0.25, 0.3) is 0 Å². The van der Waals surface area contributed by atoms with Gasteiger partial charge in [-0.1, -0.05) is 11.6 Å². The van der Waals surface area contributed by atoms with Gasteiger partial charge < -0.3 is 4.90 Å². The van der Waals surface area contributed by atoms with Crippen LogP contribution < -0.4 is 9.62 Å². The van der Waals surface area contributed by atoms with E-state index < -0.39 is 15.8 Å². The van der Waals surface area contributed by atoms with Crippen molar-refractivity contribution < 1.29 is 17.7 Å². The second-order valence-corrected chi connectivity index (χ2v) is 7.20. The Balaban J connectivity index is 2.05. The highest BCUT2D eigenvalue weighted by Crippen LogP contribution is 2.19. The Kier molecular flexibility index (Phi) is 5.01. The quantitative estimate of drug-likeness (QED) is 0.844. The molecule has 1 fully saturated rings. The van der Waals surface area contributed by atoms with E-state index in [-0.39, 0.29) is 9.92 Å². The van der Waals surface area contributed by atoms with Crippen molar-refractivity contribution >= 4 is 21.6 Å². The van der Waals surface area contributed by atoms with Gasteiger partial charge in [0.05, 0.1) is 29.6 Å². The molecule has 1 heterocycles. The maximum atomic E-state index is 13.1. The Morgan fingerprint density at radius 3 is 2.90 bits per heavy atom. The van der Waals surface area contributed by atoms with Gasteiger partial charge in [0.2, 0.25) is 10.0 Å². The first-order valence-electron chi connectivity index (χ1n) is 6.73. The van der Waals surface area contributed by atoms with E-state index >= 15 is 0 Å². The molecule has 0 aliphatic carbocycles. The molecule has 0 amide bonds. The zero-order chi connectivity index (χ0) is 14.8. The van der Waals surface area contributed by atoms with Gasteiger partial charge in [-0.05, 0) is 25.1 Å². The van der Waals surface area contributed by atoms with Gasteiger partial charge in [0.1, 0.15) is 11.9 Å². The lowest BCUT2D eigenvalue weighted by Gasteiger charge is -2.20. The molecule has 7 heteroatoms. The van der Waals surface area contributed by atoms with Gasteiger partial charge >= 0.3 is 0 Å². The molecule has 4 nitrogen and oxygen atoms in total. The van der Waals surface area contributed by atoms with Crippen LogP contribution in [0.2, 0.25) is 5.02 Å². The lowest BCUT2D eigenvalue weighted by molar-refractivity contribution is -0.909. The van der Waals surface area contributed by atoms with E-state index in [1.54, 1.807) is 0 Å². The molecule has 1 aliphatic rings. The molecule has 0 spiro atoms. The first-order valence-corrected chi connectivity index (χ1v) is 8.59. The minimum Gasteiger partial charge on any atom is -0.332 e. The minimum absolute atomic E-state index is 0.0000505. The minimum atomic E-state index is -3.63. The average Bonchev–Trinajstić information content (AvgIpc) is 2.87. The zero-order valence-electron chi connectivity index (χ0n) is 11.3. The van der Waals surface area contributed by atoms with Crippen LogP contribution in [0.4, 0.5) is 4.39 Å². The van der Waals surface area contributed by atoms with Gasteiger partial charge in [-0.3, -0.25) is 0 Å². The molecule has 2 rings (SSSR count). The van der Waals surface area contributed by atoms with E-state index in [2.05, 4.69) is 11.6 Å². The van der Waals surface area contributed by atoms with E-state index in [4.69, 9.17) is 11.6 Å². The maximum absolute atomic E-state index is 13.1. The molecular weight excluding hydrogens is 303 g/mol. The van der Waals surface area contributed by atoms with Gasteiger partial charge in [0.15, 0.2) is 0 Å². The molecule has 0 aromatic heterocycles. The molecular formula is C13H19ClFN2O2S+. The smallest absolute Gasteiger partial charge is 0.240 e. The molecule has 0 saturated carbocycles. The number of nitrogens with one attached hydrogen (secondary N) is 2. The fourth-order valence-corrected chi connectivity index (χ4v) is 3.99. The van der Waals surface area contributed by atoms with E-state index in [0.29, 0.717) is 12.6 Å². The molecule has 20 heavy (non-hydrogen) atoms. The lowest BCUT2D eigenvalue weighted by atomic mass is 10.2. The highest BCUT2D eigenvalue weighted by Gasteiger charge is 2.28. The topological polar surface area (TPSA) is 50.6 Å². The molecule has 1 saturated heterocycles. The molecule has 1 aromatic rings. The van der Waals surface area contributed by atoms with E-state index in [1.807, 2.05) is 0 Å². The summed E-state index contributed by atoms with van der Waals surface area (Å²) >= 11 is 5.62. The monoisotopic (exact) mass is 321 g/mol. The van der Waals surface area contributed by atoms with Crippen LogP contribution >= 0.6 is 11.6 Å². The molecule has 0 bridgehead atoms. The predicted octanol–water partition coefficient (Wildman–Crippen LogP) is 0.825. The van der Waals surface area contributed by atoms with Gasteiger partial charge in [0.25, 0.3) is 0 Å². The van der Waals surface area contributed by atoms with Crippen LogP contribution in [0.5, 0.6) is 0 Å². The van der Waals surface area contributed by atoms with Crippen molar-refractivity contribution in [3.63, 3.8) is 0 Å². The maximum Gasteiger partial charge on any atom is 0.240 e. The summed E-state index contributed by atoms with van der Waals surface area (Å²) in [7, 11) is -3.63. The Hall–Kier alpha value is -0.690. The standard InChI is InChI=1S/C13H18ClFN2O2S/c1-2-17-7-3-4-10(17)9-16-20(18,19)11-5-6-13(15)12(14)8-11/h5-6,8,10,16H,2-4,7,9H2,1H3/p+1/t10-/m1/s1. The first kappa shape index (κ1) is 15.7. The van der Waals surface area contributed by atoms with Crippen molar-refractivity contribution in [3.8, 4) is 0 Å². The molecule has 2 atom stereocenters. The van der Waals surface area contributed by atoms with Crippen LogP contribution in [0.3, 0.4) is 0 Å². The summed E-state index contributed by atoms with van der Waals surface area (Å²) in [6.07, 6.45) is 2.15. The van der Waals surface area contributed by atoms with Gasteiger partial charge in [-0.25, -0.2) is 17.5 Å². The Morgan fingerprint density at radius 1 is 1.50 bits per heavy atom. The third-order valence-corrected chi connectivity index (χ3v) is 5.51. The highest BCUT2D eigenvalue weighted by molar-refractivity contribution is 7.89. The summed E-state index contributed by atoms with van der Waals surface area (Å²) in [6.45, 7) is 4.59. The third-order valence-electron chi connectivity index (χ3n) is 3.80. The largest absolute Gasteiger partial charge is 0.332 e. The summed E-state index contributed by atoms with van der Waals surface area (Å²) < 4.78 is 40.0. The highest BCUT2D eigenvalue weighted by atomic mass is 35.5. The number of sulfonamides is 1.